The van der Waals surface area contributed by atoms with Gasteiger partial charge in [-0.25, -0.2) is 4.39 Å². The Labute approximate surface area is 42.5 Å². The minimum Gasteiger partial charge on any atom is -0.367 e. The fourth-order valence-electron chi connectivity index (χ4n) is 0.478. The van der Waals surface area contributed by atoms with Crippen LogP contribution in [0.25, 0.3) is 0 Å². The highest BCUT2D eigenvalue weighted by atomic mass is 19.1. The molecule has 1 heterocycles. The molecule has 1 fully saturated rings. The fraction of sp³-hybridized carbons (Fsp3) is 1.00. The standard InChI is InChI=1S/C5H9FO/c1-2-5(3-6)4-7-5/h2-4H2,1H3. The van der Waals surface area contributed by atoms with E-state index in [1.165, 1.54) is 0 Å². The second-order valence-corrected chi connectivity index (χ2v) is 1.96. The molecule has 0 saturated carbocycles. The summed E-state index contributed by atoms with van der Waals surface area (Å²) in [6.07, 6.45) is 0.809. The number of hydrogen-bond donors (Lipinski definition) is 0. The molecular weight excluding hydrogens is 95.1 g/mol. The van der Waals surface area contributed by atoms with Gasteiger partial charge in [0, 0.05) is 0 Å². The third-order valence-electron chi connectivity index (χ3n) is 1.44. The summed E-state index contributed by atoms with van der Waals surface area (Å²) in [4.78, 5) is 0. The number of hydrogen-bond acceptors (Lipinski definition) is 1. The third-order valence-corrected chi connectivity index (χ3v) is 1.44. The summed E-state index contributed by atoms with van der Waals surface area (Å²) in [5.41, 5.74) is -0.333. The third kappa shape index (κ3) is 0.752. The van der Waals surface area contributed by atoms with Crippen molar-refractivity contribution in [2.24, 2.45) is 0 Å². The van der Waals surface area contributed by atoms with E-state index in [2.05, 4.69) is 0 Å². The molecule has 1 aliphatic heterocycles. The van der Waals surface area contributed by atoms with E-state index < -0.39 is 0 Å². The lowest BCUT2D eigenvalue weighted by Gasteiger charge is -1.97. The second-order valence-electron chi connectivity index (χ2n) is 1.96. The Bertz CT molecular complexity index is 62.5. The molecule has 0 spiro atoms. The zero-order valence-electron chi connectivity index (χ0n) is 4.41. The van der Waals surface area contributed by atoms with Gasteiger partial charge in [-0.15, -0.1) is 0 Å². The molecule has 7 heavy (non-hydrogen) atoms. The van der Waals surface area contributed by atoms with Crippen molar-refractivity contribution in [1.82, 2.24) is 0 Å². The van der Waals surface area contributed by atoms with Gasteiger partial charge in [-0.1, -0.05) is 6.92 Å². The van der Waals surface area contributed by atoms with Gasteiger partial charge in [0.25, 0.3) is 0 Å². The lowest BCUT2D eigenvalue weighted by atomic mass is 10.1. The maximum atomic E-state index is 11.7. The van der Waals surface area contributed by atoms with E-state index in [0.717, 1.165) is 6.42 Å². The Kier molecular flexibility index (Phi) is 1.04. The smallest absolute Gasteiger partial charge is 0.121 e. The number of alkyl halides is 1. The van der Waals surface area contributed by atoms with E-state index in [-0.39, 0.29) is 12.3 Å². The summed E-state index contributed by atoms with van der Waals surface area (Å²) in [6, 6.07) is 0. The van der Waals surface area contributed by atoms with E-state index in [4.69, 9.17) is 4.74 Å². The van der Waals surface area contributed by atoms with Crippen LogP contribution in [-0.4, -0.2) is 18.9 Å². The number of ether oxygens (including phenoxy) is 1. The Hall–Kier alpha value is -0.110. The molecule has 0 N–H and O–H groups in total. The van der Waals surface area contributed by atoms with Crippen LogP contribution in [0.4, 0.5) is 4.39 Å². The van der Waals surface area contributed by atoms with Crippen molar-refractivity contribution in [3.63, 3.8) is 0 Å². The van der Waals surface area contributed by atoms with Gasteiger partial charge in [0.1, 0.15) is 12.3 Å². The SMILES string of the molecule is CCC1(CF)CO1. The van der Waals surface area contributed by atoms with Gasteiger partial charge in [-0.05, 0) is 6.42 Å². The highest BCUT2D eigenvalue weighted by molar-refractivity contribution is 4.89. The van der Waals surface area contributed by atoms with Crippen LogP contribution >= 0.6 is 0 Å². The summed E-state index contributed by atoms with van der Waals surface area (Å²) >= 11 is 0. The molecule has 1 atom stereocenters. The van der Waals surface area contributed by atoms with Crippen LogP contribution in [0.2, 0.25) is 0 Å². The van der Waals surface area contributed by atoms with Crippen molar-refractivity contribution in [2.45, 2.75) is 18.9 Å². The molecule has 0 radical (unpaired) electrons. The second kappa shape index (κ2) is 1.44. The normalized spacial score (nSPS) is 38.6. The van der Waals surface area contributed by atoms with Crippen LogP contribution in [0.15, 0.2) is 0 Å². The van der Waals surface area contributed by atoms with Crippen molar-refractivity contribution >= 4 is 0 Å². The van der Waals surface area contributed by atoms with Gasteiger partial charge >= 0.3 is 0 Å². The summed E-state index contributed by atoms with van der Waals surface area (Å²) in [6.45, 7) is 2.25. The van der Waals surface area contributed by atoms with Crippen molar-refractivity contribution < 1.29 is 9.13 Å². The van der Waals surface area contributed by atoms with Gasteiger partial charge < -0.3 is 4.74 Å². The van der Waals surface area contributed by atoms with Gasteiger partial charge in [0.2, 0.25) is 0 Å². The van der Waals surface area contributed by atoms with Crippen LogP contribution in [0.3, 0.4) is 0 Å². The predicted molar refractivity (Wildman–Crippen MR) is 24.9 cm³/mol. The Balaban J connectivity index is 2.28. The van der Waals surface area contributed by atoms with Crippen molar-refractivity contribution in [3.05, 3.63) is 0 Å². The fourth-order valence-corrected chi connectivity index (χ4v) is 0.478. The minimum atomic E-state index is -0.333. The lowest BCUT2D eigenvalue weighted by Crippen LogP contribution is -2.10. The summed E-state index contributed by atoms with van der Waals surface area (Å²) < 4.78 is 16.5. The molecule has 0 aromatic rings. The molecule has 1 nitrogen and oxygen atoms in total. The van der Waals surface area contributed by atoms with Crippen LogP contribution in [0.1, 0.15) is 13.3 Å². The molecule has 2 heteroatoms. The molecule has 1 unspecified atom stereocenters. The summed E-state index contributed by atoms with van der Waals surface area (Å²) in [7, 11) is 0. The highest BCUT2D eigenvalue weighted by Gasteiger charge is 2.42. The topological polar surface area (TPSA) is 12.5 Å². The molecule has 1 saturated heterocycles. The zero-order chi connectivity index (χ0) is 5.33. The van der Waals surface area contributed by atoms with Crippen LogP contribution in [-0.2, 0) is 4.74 Å². The molecule has 1 aliphatic rings. The first kappa shape index (κ1) is 5.04. The van der Waals surface area contributed by atoms with Gasteiger partial charge in [0.15, 0.2) is 0 Å². The summed E-state index contributed by atoms with van der Waals surface area (Å²) in [5.74, 6) is 0. The molecule has 0 aliphatic carbocycles. The summed E-state index contributed by atoms with van der Waals surface area (Å²) in [5, 5.41) is 0. The maximum Gasteiger partial charge on any atom is 0.121 e. The molecular formula is C5H9FO. The molecule has 0 aromatic heterocycles. The molecule has 42 valence electrons. The Morgan fingerprint density at radius 3 is 2.43 bits per heavy atom. The van der Waals surface area contributed by atoms with Gasteiger partial charge in [0.05, 0.1) is 6.61 Å². The molecule has 0 aromatic carbocycles. The first-order valence-corrected chi connectivity index (χ1v) is 2.53. The largest absolute Gasteiger partial charge is 0.367 e. The zero-order valence-corrected chi connectivity index (χ0v) is 4.41. The predicted octanol–water partition coefficient (Wildman–Crippen LogP) is 1.13. The van der Waals surface area contributed by atoms with E-state index in [0.29, 0.717) is 6.61 Å². The first-order chi connectivity index (χ1) is 3.33. The van der Waals surface area contributed by atoms with Crippen molar-refractivity contribution in [3.8, 4) is 0 Å². The Morgan fingerprint density at radius 1 is 1.86 bits per heavy atom. The van der Waals surface area contributed by atoms with Gasteiger partial charge in [-0.3, -0.25) is 0 Å². The maximum absolute atomic E-state index is 11.7. The van der Waals surface area contributed by atoms with E-state index in [1.807, 2.05) is 6.92 Å². The van der Waals surface area contributed by atoms with Crippen LogP contribution in [0, 0.1) is 0 Å². The highest BCUT2D eigenvalue weighted by Crippen LogP contribution is 2.30. The van der Waals surface area contributed by atoms with E-state index in [1.54, 1.807) is 0 Å². The van der Waals surface area contributed by atoms with E-state index in [9.17, 15) is 4.39 Å². The average molecular weight is 104 g/mol. The number of rotatable bonds is 2. The molecule has 0 amide bonds. The van der Waals surface area contributed by atoms with Crippen molar-refractivity contribution in [1.29, 1.82) is 0 Å². The molecule has 1 rings (SSSR count). The quantitative estimate of drug-likeness (QED) is 0.478. The first-order valence-electron chi connectivity index (χ1n) is 2.53. The van der Waals surface area contributed by atoms with E-state index >= 15 is 0 Å². The number of halogens is 1. The lowest BCUT2D eigenvalue weighted by molar-refractivity contribution is 0.240. The minimum absolute atomic E-state index is 0.316. The van der Waals surface area contributed by atoms with Gasteiger partial charge in [-0.2, -0.15) is 0 Å². The van der Waals surface area contributed by atoms with Crippen molar-refractivity contribution in [2.75, 3.05) is 13.3 Å². The number of epoxide rings is 1. The van der Waals surface area contributed by atoms with Crippen LogP contribution < -0.4 is 0 Å². The molecule has 0 bridgehead atoms. The average Bonchev–Trinajstić information content (AvgIpc) is 2.46. The Morgan fingerprint density at radius 2 is 2.43 bits per heavy atom. The van der Waals surface area contributed by atoms with Crippen LogP contribution in [0.5, 0.6) is 0 Å². The monoisotopic (exact) mass is 104 g/mol.